The SMILES string of the molecule is CCOc1cc(/C=C2/C(=N)N3C(SC)=NSC3=NC2=O)ccc1OC(=O)c1ccc(OC)cc1. The van der Waals surface area contributed by atoms with E-state index in [1.54, 1.807) is 55.7 Å². The van der Waals surface area contributed by atoms with Crippen LogP contribution in [0.15, 0.2) is 57.4 Å². The summed E-state index contributed by atoms with van der Waals surface area (Å²) in [5, 5.41) is 9.47. The normalized spacial score (nSPS) is 16.2. The molecule has 1 N–H and O–H groups in total. The number of aliphatic imine (C=N–C) groups is 1. The Bertz CT molecular complexity index is 1250. The van der Waals surface area contributed by atoms with Gasteiger partial charge in [0.2, 0.25) is 5.17 Å². The van der Waals surface area contributed by atoms with Crippen LogP contribution in [0, 0.1) is 5.41 Å². The Morgan fingerprint density at radius 2 is 1.97 bits per heavy atom. The Morgan fingerprint density at radius 1 is 1.21 bits per heavy atom. The molecule has 0 spiro atoms. The third kappa shape index (κ3) is 4.70. The Morgan fingerprint density at radius 3 is 2.65 bits per heavy atom. The van der Waals surface area contributed by atoms with Crippen LogP contribution >= 0.6 is 23.7 Å². The van der Waals surface area contributed by atoms with Crippen LogP contribution in [0.4, 0.5) is 0 Å². The third-order valence-corrected chi connectivity index (χ3v) is 6.24. The van der Waals surface area contributed by atoms with Gasteiger partial charge in [0.1, 0.15) is 11.6 Å². The monoisotopic (exact) mass is 496 g/mol. The second-order valence-corrected chi connectivity index (χ2v) is 8.37. The molecule has 0 atom stereocenters. The first-order valence-corrected chi connectivity index (χ1v) is 12.1. The molecule has 2 heterocycles. The number of esters is 1. The molecule has 2 aliphatic heterocycles. The van der Waals surface area contributed by atoms with Gasteiger partial charge in [-0.3, -0.25) is 10.2 Å². The number of benzene rings is 2. The van der Waals surface area contributed by atoms with E-state index in [1.165, 1.54) is 16.7 Å². The molecule has 2 aliphatic rings. The van der Waals surface area contributed by atoms with Gasteiger partial charge < -0.3 is 14.2 Å². The largest absolute Gasteiger partial charge is 0.497 e. The second-order valence-electron chi connectivity index (χ2n) is 6.87. The smallest absolute Gasteiger partial charge is 0.343 e. The van der Waals surface area contributed by atoms with Crippen molar-refractivity contribution in [3.63, 3.8) is 0 Å². The summed E-state index contributed by atoms with van der Waals surface area (Å²) in [6.45, 7) is 2.15. The summed E-state index contributed by atoms with van der Waals surface area (Å²) >= 11 is 2.44. The molecular weight excluding hydrogens is 476 g/mol. The van der Waals surface area contributed by atoms with Gasteiger partial charge in [0.15, 0.2) is 16.7 Å². The van der Waals surface area contributed by atoms with Crippen molar-refractivity contribution < 1.29 is 23.8 Å². The van der Waals surface area contributed by atoms with E-state index in [-0.39, 0.29) is 17.2 Å². The highest BCUT2D eigenvalue weighted by Gasteiger charge is 2.37. The average molecular weight is 497 g/mol. The number of fused-ring (bicyclic) bond motifs is 1. The fourth-order valence-corrected chi connectivity index (χ4v) is 4.60. The maximum atomic E-state index is 12.6. The molecule has 9 nitrogen and oxygen atoms in total. The summed E-state index contributed by atoms with van der Waals surface area (Å²) in [6, 6.07) is 11.5. The Balaban J connectivity index is 1.60. The van der Waals surface area contributed by atoms with Gasteiger partial charge in [-0.25, -0.2) is 9.69 Å². The van der Waals surface area contributed by atoms with E-state index in [1.807, 2.05) is 13.2 Å². The number of hydrogen-bond donors (Lipinski definition) is 1. The van der Waals surface area contributed by atoms with Crippen molar-refractivity contribution in [1.29, 1.82) is 5.41 Å². The molecule has 0 aliphatic carbocycles. The van der Waals surface area contributed by atoms with Crippen LogP contribution in [-0.4, -0.2) is 52.9 Å². The minimum atomic E-state index is -0.545. The summed E-state index contributed by atoms with van der Waals surface area (Å²) in [7, 11) is 1.55. The number of thioether (sulfide) groups is 1. The van der Waals surface area contributed by atoms with Crippen LogP contribution in [0.1, 0.15) is 22.8 Å². The first-order valence-electron chi connectivity index (χ1n) is 10.1. The zero-order valence-corrected chi connectivity index (χ0v) is 20.2. The summed E-state index contributed by atoms with van der Waals surface area (Å²) in [5.41, 5.74) is 1.08. The third-order valence-electron chi connectivity index (χ3n) is 4.78. The van der Waals surface area contributed by atoms with Crippen LogP contribution in [-0.2, 0) is 4.79 Å². The molecule has 0 bridgehead atoms. The average Bonchev–Trinajstić information content (AvgIpc) is 3.26. The molecule has 2 aromatic carbocycles. The first kappa shape index (κ1) is 23.6. The van der Waals surface area contributed by atoms with Crippen LogP contribution in [0.5, 0.6) is 17.2 Å². The molecule has 0 saturated heterocycles. The lowest BCUT2D eigenvalue weighted by Crippen LogP contribution is -2.41. The molecule has 11 heteroatoms. The van der Waals surface area contributed by atoms with E-state index in [0.717, 1.165) is 11.9 Å². The lowest BCUT2D eigenvalue weighted by atomic mass is 10.1. The number of amides is 1. The number of nitrogens with zero attached hydrogens (tertiary/aromatic N) is 3. The minimum absolute atomic E-state index is 0.000991. The van der Waals surface area contributed by atoms with Gasteiger partial charge >= 0.3 is 5.97 Å². The summed E-state index contributed by atoms with van der Waals surface area (Å²) in [4.78, 5) is 30.7. The zero-order valence-electron chi connectivity index (χ0n) is 18.5. The summed E-state index contributed by atoms with van der Waals surface area (Å²) in [6.07, 6.45) is 3.40. The van der Waals surface area contributed by atoms with Crippen LogP contribution in [0.25, 0.3) is 6.08 Å². The molecule has 1 amide bonds. The van der Waals surface area contributed by atoms with Crippen molar-refractivity contribution in [1.82, 2.24) is 4.90 Å². The number of hydrogen-bond acceptors (Lipinski definition) is 9. The molecule has 0 fully saturated rings. The number of carbonyl (C=O) groups excluding carboxylic acids is 2. The highest BCUT2D eigenvalue weighted by Crippen LogP contribution is 2.33. The van der Waals surface area contributed by atoms with E-state index >= 15 is 0 Å². The Kier molecular flexibility index (Phi) is 7.03. The van der Waals surface area contributed by atoms with Crippen molar-refractivity contribution in [3.8, 4) is 17.2 Å². The molecule has 174 valence electrons. The molecule has 0 saturated carbocycles. The van der Waals surface area contributed by atoms with Crippen LogP contribution < -0.4 is 14.2 Å². The van der Waals surface area contributed by atoms with Gasteiger partial charge in [-0.05, 0) is 61.2 Å². The molecule has 0 radical (unpaired) electrons. The highest BCUT2D eigenvalue weighted by atomic mass is 32.2. The minimum Gasteiger partial charge on any atom is -0.497 e. The molecule has 34 heavy (non-hydrogen) atoms. The maximum Gasteiger partial charge on any atom is 0.343 e. The van der Waals surface area contributed by atoms with Gasteiger partial charge in [0.25, 0.3) is 5.91 Å². The summed E-state index contributed by atoms with van der Waals surface area (Å²) < 4.78 is 20.6. The lowest BCUT2D eigenvalue weighted by molar-refractivity contribution is -0.114. The predicted molar refractivity (Wildman–Crippen MR) is 134 cm³/mol. The number of amidine groups is 3. The van der Waals surface area contributed by atoms with Gasteiger partial charge in [0.05, 0.1) is 36.8 Å². The van der Waals surface area contributed by atoms with Crippen molar-refractivity contribution in [2.24, 2.45) is 9.39 Å². The number of methoxy groups -OCH3 is 1. The van der Waals surface area contributed by atoms with Gasteiger partial charge in [-0.2, -0.15) is 9.39 Å². The lowest BCUT2D eigenvalue weighted by Gasteiger charge is -2.23. The maximum absolute atomic E-state index is 12.6. The molecule has 2 aromatic rings. The van der Waals surface area contributed by atoms with E-state index in [0.29, 0.717) is 39.6 Å². The van der Waals surface area contributed by atoms with Crippen molar-refractivity contribution in [3.05, 3.63) is 59.2 Å². The topological polar surface area (TPSA) is 114 Å². The number of nitrogens with one attached hydrogen (secondary N) is 1. The first-order chi connectivity index (χ1) is 16.4. The van der Waals surface area contributed by atoms with Crippen molar-refractivity contribution in [2.45, 2.75) is 6.92 Å². The standard InChI is InChI=1S/C23H20N4O5S2/c1-4-31-18-12-13(5-10-17(18)32-21(29)14-6-8-15(30-2)9-7-14)11-16-19(24)27-22(25-20(16)28)34-26-23(27)33-3/h5-12,24H,4H2,1-3H3/b16-11-,24-19?. The van der Waals surface area contributed by atoms with E-state index in [9.17, 15) is 9.59 Å². The quantitative estimate of drug-likeness (QED) is 0.273. The molecule has 4 rings (SSSR count). The number of ether oxygens (including phenoxy) is 3. The molecular formula is C23H20N4O5S2. The summed E-state index contributed by atoms with van der Waals surface area (Å²) in [5.74, 6) is 0.141. The van der Waals surface area contributed by atoms with E-state index < -0.39 is 11.9 Å². The zero-order chi connectivity index (χ0) is 24.2. The Hall–Kier alpha value is -3.57. The van der Waals surface area contributed by atoms with Crippen molar-refractivity contribution >= 4 is 57.8 Å². The highest BCUT2D eigenvalue weighted by molar-refractivity contribution is 8.18. The second kappa shape index (κ2) is 10.1. The van der Waals surface area contributed by atoms with Gasteiger partial charge in [-0.1, -0.05) is 17.8 Å². The number of carbonyl (C=O) groups is 2. The van der Waals surface area contributed by atoms with Gasteiger partial charge in [-0.15, -0.1) is 0 Å². The van der Waals surface area contributed by atoms with Crippen LogP contribution in [0.2, 0.25) is 0 Å². The van der Waals surface area contributed by atoms with Crippen LogP contribution in [0.3, 0.4) is 0 Å². The Labute approximate surface area is 204 Å². The molecule has 0 unspecified atom stereocenters. The fraction of sp³-hybridized carbons (Fsp3) is 0.174. The predicted octanol–water partition coefficient (Wildman–Crippen LogP) is 4.25. The van der Waals surface area contributed by atoms with E-state index in [4.69, 9.17) is 19.6 Å². The molecule has 0 aromatic heterocycles. The van der Waals surface area contributed by atoms with Crippen molar-refractivity contribution in [2.75, 3.05) is 20.0 Å². The van der Waals surface area contributed by atoms with E-state index in [2.05, 4.69) is 9.39 Å². The number of rotatable bonds is 6. The fourth-order valence-electron chi connectivity index (χ4n) is 3.15. The van der Waals surface area contributed by atoms with Gasteiger partial charge in [0, 0.05) is 0 Å².